The van der Waals surface area contributed by atoms with Crippen molar-refractivity contribution >= 4 is 5.69 Å². The molecule has 0 aliphatic rings. The van der Waals surface area contributed by atoms with Crippen LogP contribution in [-0.2, 0) is 4.74 Å². The number of rotatable bonds is 7. The Bertz CT molecular complexity index is 396. The van der Waals surface area contributed by atoms with E-state index in [9.17, 15) is 4.39 Å². The summed E-state index contributed by atoms with van der Waals surface area (Å²) in [7, 11) is 3.80. The van der Waals surface area contributed by atoms with Gasteiger partial charge < -0.3 is 15.0 Å². The van der Waals surface area contributed by atoms with Crippen LogP contribution < -0.4 is 10.2 Å². The minimum absolute atomic E-state index is 0.0235. The first kappa shape index (κ1) is 15.9. The van der Waals surface area contributed by atoms with Crippen LogP contribution in [0.1, 0.15) is 32.4 Å². The second-order valence-corrected chi connectivity index (χ2v) is 5.02. The van der Waals surface area contributed by atoms with E-state index in [4.69, 9.17) is 4.74 Å². The standard InChI is InChI=1S/C15H25FN2O/c1-11(2)19-10-9-18(5)14-8-6-7-13(16)15(14)12(3)17-4/h6-8,11-12,17H,9-10H2,1-5H3. The number of benzene rings is 1. The van der Waals surface area contributed by atoms with Crippen molar-refractivity contribution in [1.82, 2.24) is 5.32 Å². The molecule has 108 valence electrons. The molecule has 0 fully saturated rings. The summed E-state index contributed by atoms with van der Waals surface area (Å²) < 4.78 is 19.5. The lowest BCUT2D eigenvalue weighted by Crippen LogP contribution is -2.27. The van der Waals surface area contributed by atoms with Gasteiger partial charge in [0.2, 0.25) is 0 Å². The van der Waals surface area contributed by atoms with Crippen molar-refractivity contribution in [2.45, 2.75) is 32.9 Å². The lowest BCUT2D eigenvalue weighted by atomic mass is 10.0. The molecular formula is C15H25FN2O. The Morgan fingerprint density at radius 1 is 1.32 bits per heavy atom. The van der Waals surface area contributed by atoms with Crippen LogP contribution in [0.15, 0.2) is 18.2 Å². The van der Waals surface area contributed by atoms with E-state index < -0.39 is 0 Å². The number of hydrogen-bond acceptors (Lipinski definition) is 3. The zero-order valence-electron chi connectivity index (χ0n) is 12.5. The Kier molecular flexibility index (Phi) is 6.25. The predicted molar refractivity (Wildman–Crippen MR) is 78.2 cm³/mol. The molecule has 1 N–H and O–H groups in total. The lowest BCUT2D eigenvalue weighted by molar-refractivity contribution is 0.0846. The minimum Gasteiger partial charge on any atom is -0.377 e. The highest BCUT2D eigenvalue weighted by Gasteiger charge is 2.16. The molecule has 4 heteroatoms. The molecule has 0 saturated carbocycles. The molecule has 0 radical (unpaired) electrons. The van der Waals surface area contributed by atoms with Crippen LogP contribution in [0.5, 0.6) is 0 Å². The van der Waals surface area contributed by atoms with Crippen LogP contribution in [-0.4, -0.2) is 33.4 Å². The zero-order valence-corrected chi connectivity index (χ0v) is 12.5. The summed E-state index contributed by atoms with van der Waals surface area (Å²) in [5, 5.41) is 3.09. The van der Waals surface area contributed by atoms with Crippen molar-refractivity contribution in [3.63, 3.8) is 0 Å². The molecule has 0 spiro atoms. The molecule has 0 aromatic heterocycles. The predicted octanol–water partition coefficient (Wildman–Crippen LogP) is 2.97. The molecular weight excluding hydrogens is 243 g/mol. The van der Waals surface area contributed by atoms with Gasteiger partial charge in [-0.05, 0) is 40.0 Å². The number of anilines is 1. The van der Waals surface area contributed by atoms with E-state index in [0.717, 1.165) is 12.2 Å². The summed E-state index contributed by atoms with van der Waals surface area (Å²) in [4.78, 5) is 2.04. The molecule has 0 aliphatic heterocycles. The highest BCUT2D eigenvalue weighted by Crippen LogP contribution is 2.28. The molecule has 1 aromatic carbocycles. The Morgan fingerprint density at radius 3 is 2.58 bits per heavy atom. The van der Waals surface area contributed by atoms with E-state index in [-0.39, 0.29) is 18.0 Å². The van der Waals surface area contributed by atoms with Crippen molar-refractivity contribution in [2.24, 2.45) is 0 Å². The summed E-state index contributed by atoms with van der Waals surface area (Å²) in [5.74, 6) is -0.170. The monoisotopic (exact) mass is 268 g/mol. The number of hydrogen-bond donors (Lipinski definition) is 1. The van der Waals surface area contributed by atoms with Gasteiger partial charge in [-0.3, -0.25) is 0 Å². The number of nitrogens with one attached hydrogen (secondary N) is 1. The summed E-state index contributed by atoms with van der Waals surface area (Å²) in [6, 6.07) is 5.17. The normalized spacial score (nSPS) is 12.8. The molecule has 1 aromatic rings. The van der Waals surface area contributed by atoms with Crippen LogP contribution in [0, 0.1) is 5.82 Å². The highest BCUT2D eigenvalue weighted by molar-refractivity contribution is 5.55. The van der Waals surface area contributed by atoms with Gasteiger partial charge in [0.25, 0.3) is 0 Å². The Hall–Kier alpha value is -1.13. The Morgan fingerprint density at radius 2 is 2.00 bits per heavy atom. The van der Waals surface area contributed by atoms with Gasteiger partial charge in [-0.1, -0.05) is 6.07 Å². The number of ether oxygens (including phenoxy) is 1. The first-order valence-electron chi connectivity index (χ1n) is 6.75. The Balaban J connectivity index is 2.84. The average molecular weight is 268 g/mol. The maximum Gasteiger partial charge on any atom is 0.130 e. The van der Waals surface area contributed by atoms with E-state index in [0.29, 0.717) is 12.2 Å². The summed E-state index contributed by atoms with van der Waals surface area (Å²) in [6.07, 6.45) is 0.219. The maximum absolute atomic E-state index is 14.0. The van der Waals surface area contributed by atoms with Crippen LogP contribution in [0.4, 0.5) is 10.1 Å². The molecule has 1 atom stereocenters. The molecule has 3 nitrogen and oxygen atoms in total. The number of halogens is 1. The molecule has 0 saturated heterocycles. The molecule has 1 rings (SSSR count). The quantitative estimate of drug-likeness (QED) is 0.823. The van der Waals surface area contributed by atoms with Crippen LogP contribution in [0.25, 0.3) is 0 Å². The minimum atomic E-state index is -0.170. The fourth-order valence-electron chi connectivity index (χ4n) is 1.98. The van der Waals surface area contributed by atoms with Gasteiger partial charge in [0.1, 0.15) is 5.82 Å². The molecule has 0 amide bonds. The molecule has 1 unspecified atom stereocenters. The number of nitrogens with zero attached hydrogens (tertiary/aromatic N) is 1. The summed E-state index contributed by atoms with van der Waals surface area (Å²) in [6.45, 7) is 7.36. The third kappa shape index (κ3) is 4.48. The van der Waals surface area contributed by atoms with Gasteiger partial charge in [0, 0.05) is 30.9 Å². The van der Waals surface area contributed by atoms with Crippen LogP contribution in [0.3, 0.4) is 0 Å². The van der Waals surface area contributed by atoms with E-state index in [2.05, 4.69) is 5.32 Å². The molecule has 0 aliphatic carbocycles. The third-order valence-electron chi connectivity index (χ3n) is 3.19. The third-order valence-corrected chi connectivity index (χ3v) is 3.19. The molecule has 0 heterocycles. The van der Waals surface area contributed by atoms with Crippen molar-refractivity contribution < 1.29 is 9.13 Å². The van der Waals surface area contributed by atoms with Gasteiger partial charge in [-0.2, -0.15) is 0 Å². The van der Waals surface area contributed by atoms with Crippen molar-refractivity contribution in [1.29, 1.82) is 0 Å². The fourth-order valence-corrected chi connectivity index (χ4v) is 1.98. The smallest absolute Gasteiger partial charge is 0.130 e. The summed E-state index contributed by atoms with van der Waals surface area (Å²) >= 11 is 0. The molecule has 0 bridgehead atoms. The molecule has 19 heavy (non-hydrogen) atoms. The van der Waals surface area contributed by atoms with E-state index in [1.165, 1.54) is 6.07 Å². The first-order valence-corrected chi connectivity index (χ1v) is 6.75. The lowest BCUT2D eigenvalue weighted by Gasteiger charge is -2.25. The number of likely N-dealkylation sites (N-methyl/N-ethyl adjacent to an activating group) is 1. The topological polar surface area (TPSA) is 24.5 Å². The van der Waals surface area contributed by atoms with Gasteiger partial charge in [0.05, 0.1) is 12.7 Å². The van der Waals surface area contributed by atoms with Gasteiger partial charge >= 0.3 is 0 Å². The van der Waals surface area contributed by atoms with E-state index >= 15 is 0 Å². The van der Waals surface area contributed by atoms with Gasteiger partial charge in [-0.25, -0.2) is 4.39 Å². The zero-order chi connectivity index (χ0) is 14.4. The second kappa shape index (κ2) is 7.46. The van der Waals surface area contributed by atoms with Crippen LogP contribution >= 0.6 is 0 Å². The largest absolute Gasteiger partial charge is 0.377 e. The second-order valence-electron chi connectivity index (χ2n) is 5.02. The van der Waals surface area contributed by atoms with E-state index in [1.54, 1.807) is 6.07 Å². The SMILES string of the molecule is CNC(C)c1c(F)cccc1N(C)CCOC(C)C. The maximum atomic E-state index is 14.0. The van der Waals surface area contributed by atoms with Crippen molar-refractivity contribution in [2.75, 3.05) is 32.1 Å². The van der Waals surface area contributed by atoms with Crippen molar-refractivity contribution in [3.8, 4) is 0 Å². The first-order chi connectivity index (χ1) is 8.97. The average Bonchev–Trinajstić information content (AvgIpc) is 2.37. The Labute approximate surface area is 115 Å². The highest BCUT2D eigenvalue weighted by atomic mass is 19.1. The van der Waals surface area contributed by atoms with Crippen molar-refractivity contribution in [3.05, 3.63) is 29.6 Å². The summed E-state index contributed by atoms with van der Waals surface area (Å²) in [5.41, 5.74) is 1.62. The van der Waals surface area contributed by atoms with E-state index in [1.807, 2.05) is 45.8 Å². The van der Waals surface area contributed by atoms with Gasteiger partial charge in [-0.15, -0.1) is 0 Å². The fraction of sp³-hybridized carbons (Fsp3) is 0.600. The van der Waals surface area contributed by atoms with Gasteiger partial charge in [0.15, 0.2) is 0 Å². The van der Waals surface area contributed by atoms with Crippen LogP contribution in [0.2, 0.25) is 0 Å².